The molecule has 0 aliphatic rings. The molecule has 0 spiro atoms. The molecule has 1 N–H and O–H groups in total. The van der Waals surface area contributed by atoms with Gasteiger partial charge in [-0.3, -0.25) is 14.9 Å². The van der Waals surface area contributed by atoms with Crippen molar-refractivity contribution < 1.29 is 24.4 Å². The van der Waals surface area contributed by atoms with E-state index in [0.717, 1.165) is 0 Å². The maximum absolute atomic E-state index is 11.9. The zero-order valence-electron chi connectivity index (χ0n) is 13.4. The first kappa shape index (κ1) is 19.2. The molecule has 8 nitrogen and oxygen atoms in total. The summed E-state index contributed by atoms with van der Waals surface area (Å²) in [5, 5.41) is 24.6. The fraction of sp³-hybridized carbons (Fsp3) is 0.176. The number of hydrogen-bond donors (Lipinski definition) is 1. The lowest BCUT2D eigenvalue weighted by atomic mass is 10.1. The summed E-state index contributed by atoms with van der Waals surface area (Å²) in [5.41, 5.74) is 0.557. The number of carbonyl (C=O) groups is 2. The van der Waals surface area contributed by atoms with E-state index in [9.17, 15) is 24.8 Å². The molecule has 0 aliphatic carbocycles. The highest BCUT2D eigenvalue weighted by Gasteiger charge is 2.15. The Balaban J connectivity index is 1.89. The first-order valence-corrected chi connectivity index (χ1v) is 7.85. The SMILES string of the molecule is O=C(COc1ccc([N+](=O)[O-])cc1)N[C@@H](Cc1ccc(Cl)cc1)C(=O)[O-]. The van der Waals surface area contributed by atoms with Crippen molar-refractivity contribution >= 4 is 29.2 Å². The number of ether oxygens (including phenoxy) is 1. The van der Waals surface area contributed by atoms with Crippen LogP contribution in [-0.4, -0.2) is 29.4 Å². The molecule has 0 saturated carbocycles. The molecule has 26 heavy (non-hydrogen) atoms. The summed E-state index contributed by atoms with van der Waals surface area (Å²) in [6, 6.07) is 10.4. The Morgan fingerprint density at radius 3 is 2.27 bits per heavy atom. The van der Waals surface area contributed by atoms with Crippen molar-refractivity contribution in [3.05, 3.63) is 69.2 Å². The molecular weight excluding hydrogens is 364 g/mol. The van der Waals surface area contributed by atoms with Crippen molar-refractivity contribution in [3.8, 4) is 5.75 Å². The number of nitro benzene ring substituents is 1. The van der Waals surface area contributed by atoms with Crippen molar-refractivity contribution in [2.75, 3.05) is 6.61 Å². The number of hydrogen-bond acceptors (Lipinski definition) is 6. The minimum atomic E-state index is -1.43. The van der Waals surface area contributed by atoms with E-state index in [1.165, 1.54) is 24.3 Å². The van der Waals surface area contributed by atoms with Crippen molar-refractivity contribution in [1.29, 1.82) is 0 Å². The van der Waals surface area contributed by atoms with Crippen molar-refractivity contribution in [2.45, 2.75) is 12.5 Å². The van der Waals surface area contributed by atoms with Gasteiger partial charge in [-0.1, -0.05) is 23.7 Å². The van der Waals surface area contributed by atoms with E-state index in [1.54, 1.807) is 24.3 Å². The van der Waals surface area contributed by atoms with Gasteiger partial charge in [0.2, 0.25) is 0 Å². The Kier molecular flexibility index (Phi) is 6.51. The number of aliphatic carboxylic acids is 1. The number of amides is 1. The van der Waals surface area contributed by atoms with Gasteiger partial charge in [-0.15, -0.1) is 0 Å². The predicted octanol–water partition coefficient (Wildman–Crippen LogP) is 1.10. The smallest absolute Gasteiger partial charge is 0.269 e. The van der Waals surface area contributed by atoms with Gasteiger partial charge in [0.1, 0.15) is 5.75 Å². The van der Waals surface area contributed by atoms with Gasteiger partial charge in [-0.2, -0.15) is 0 Å². The van der Waals surface area contributed by atoms with Crippen LogP contribution in [0.4, 0.5) is 5.69 Å². The molecule has 0 radical (unpaired) electrons. The molecule has 0 aliphatic heterocycles. The average Bonchev–Trinajstić information content (AvgIpc) is 2.61. The fourth-order valence-electron chi connectivity index (χ4n) is 2.10. The standard InChI is InChI=1S/C17H15ClN2O6/c18-12-3-1-11(2-4-12)9-15(17(22)23)19-16(21)10-26-14-7-5-13(6-8-14)20(24)25/h1-8,15H,9-10H2,(H,19,21)(H,22,23)/p-1/t15-/m0/s1. The van der Waals surface area contributed by atoms with Crippen LogP contribution in [-0.2, 0) is 16.0 Å². The average molecular weight is 378 g/mol. The van der Waals surface area contributed by atoms with Gasteiger partial charge in [0.05, 0.1) is 16.9 Å². The van der Waals surface area contributed by atoms with E-state index >= 15 is 0 Å². The zero-order valence-corrected chi connectivity index (χ0v) is 14.1. The Hall–Kier alpha value is -3.13. The number of non-ortho nitro benzene ring substituents is 1. The molecule has 2 aromatic carbocycles. The Morgan fingerprint density at radius 1 is 1.12 bits per heavy atom. The van der Waals surface area contributed by atoms with Crippen LogP contribution in [0.25, 0.3) is 0 Å². The lowest BCUT2D eigenvalue weighted by Gasteiger charge is -2.20. The maximum Gasteiger partial charge on any atom is 0.269 e. The highest BCUT2D eigenvalue weighted by molar-refractivity contribution is 6.30. The van der Waals surface area contributed by atoms with Gasteiger partial charge in [0, 0.05) is 17.2 Å². The highest BCUT2D eigenvalue weighted by atomic mass is 35.5. The molecule has 0 aromatic heterocycles. The van der Waals surface area contributed by atoms with Crippen molar-refractivity contribution in [1.82, 2.24) is 5.32 Å². The molecule has 2 rings (SSSR count). The maximum atomic E-state index is 11.9. The second kappa shape index (κ2) is 8.82. The van der Waals surface area contributed by atoms with Crippen LogP contribution in [0.2, 0.25) is 5.02 Å². The molecule has 1 atom stereocenters. The molecule has 1 amide bonds. The molecular formula is C17H14ClN2O6-. The van der Waals surface area contributed by atoms with Crippen LogP contribution < -0.4 is 15.2 Å². The van der Waals surface area contributed by atoms with Gasteiger partial charge in [-0.25, -0.2) is 0 Å². The Bertz CT molecular complexity index is 792. The number of carbonyl (C=O) groups excluding carboxylic acids is 2. The topological polar surface area (TPSA) is 122 Å². The molecule has 0 bridgehead atoms. The van der Waals surface area contributed by atoms with E-state index in [1.807, 2.05) is 0 Å². The van der Waals surface area contributed by atoms with E-state index in [2.05, 4.69) is 5.32 Å². The monoisotopic (exact) mass is 377 g/mol. The number of nitrogens with zero attached hydrogens (tertiary/aromatic N) is 1. The first-order chi connectivity index (χ1) is 12.3. The molecule has 0 heterocycles. The third-order valence-electron chi connectivity index (χ3n) is 3.39. The van der Waals surface area contributed by atoms with Crippen LogP contribution in [0.5, 0.6) is 5.75 Å². The molecule has 0 fully saturated rings. The van der Waals surface area contributed by atoms with Crippen LogP contribution in [0.15, 0.2) is 48.5 Å². The summed E-state index contributed by atoms with van der Waals surface area (Å²) in [6.07, 6.45) is 0.0305. The normalized spacial score (nSPS) is 11.4. The van der Waals surface area contributed by atoms with E-state index in [-0.39, 0.29) is 17.9 Å². The predicted molar refractivity (Wildman–Crippen MR) is 90.7 cm³/mol. The molecule has 2 aromatic rings. The van der Waals surface area contributed by atoms with Crippen LogP contribution in [0.3, 0.4) is 0 Å². The fourth-order valence-corrected chi connectivity index (χ4v) is 2.22. The zero-order chi connectivity index (χ0) is 19.1. The lowest BCUT2D eigenvalue weighted by molar-refractivity contribution is -0.384. The summed E-state index contributed by atoms with van der Waals surface area (Å²) >= 11 is 5.77. The molecule has 9 heteroatoms. The third-order valence-corrected chi connectivity index (χ3v) is 3.64. The molecule has 0 unspecified atom stereocenters. The summed E-state index contributed by atoms with van der Waals surface area (Å²) in [4.78, 5) is 33.1. The lowest BCUT2D eigenvalue weighted by Crippen LogP contribution is -2.50. The van der Waals surface area contributed by atoms with Crippen LogP contribution >= 0.6 is 11.6 Å². The van der Waals surface area contributed by atoms with Crippen molar-refractivity contribution in [2.24, 2.45) is 0 Å². The van der Waals surface area contributed by atoms with Gasteiger partial charge in [-0.05, 0) is 36.2 Å². The number of carboxylic acid groups (broad SMARTS) is 1. The van der Waals surface area contributed by atoms with Gasteiger partial charge >= 0.3 is 0 Å². The molecule has 0 saturated heterocycles. The number of carboxylic acids is 1. The summed E-state index contributed by atoms with van der Waals surface area (Å²) in [5.74, 6) is -1.84. The van der Waals surface area contributed by atoms with E-state index in [0.29, 0.717) is 10.6 Å². The van der Waals surface area contributed by atoms with Crippen LogP contribution in [0, 0.1) is 10.1 Å². The Morgan fingerprint density at radius 2 is 1.73 bits per heavy atom. The number of nitro groups is 1. The summed E-state index contributed by atoms with van der Waals surface area (Å²) < 4.78 is 5.18. The molecule has 136 valence electrons. The highest BCUT2D eigenvalue weighted by Crippen LogP contribution is 2.17. The minimum absolute atomic E-state index is 0.0305. The second-order valence-corrected chi connectivity index (χ2v) is 5.75. The number of nitrogens with one attached hydrogen (secondary N) is 1. The third kappa shape index (κ3) is 5.75. The largest absolute Gasteiger partial charge is 0.548 e. The van der Waals surface area contributed by atoms with Crippen molar-refractivity contribution in [3.63, 3.8) is 0 Å². The van der Waals surface area contributed by atoms with Gasteiger partial charge in [0.25, 0.3) is 11.6 Å². The van der Waals surface area contributed by atoms with Crippen LogP contribution in [0.1, 0.15) is 5.56 Å². The second-order valence-electron chi connectivity index (χ2n) is 5.31. The first-order valence-electron chi connectivity index (χ1n) is 7.47. The minimum Gasteiger partial charge on any atom is -0.548 e. The summed E-state index contributed by atoms with van der Waals surface area (Å²) in [6.45, 7) is -0.442. The van der Waals surface area contributed by atoms with E-state index in [4.69, 9.17) is 16.3 Å². The Labute approximate surface area is 153 Å². The summed E-state index contributed by atoms with van der Waals surface area (Å²) in [7, 11) is 0. The number of benzene rings is 2. The van der Waals surface area contributed by atoms with Gasteiger partial charge < -0.3 is 20.0 Å². The quantitative estimate of drug-likeness (QED) is 0.543. The van der Waals surface area contributed by atoms with E-state index < -0.39 is 29.4 Å². The van der Waals surface area contributed by atoms with Gasteiger partial charge in [0.15, 0.2) is 6.61 Å². The number of halogens is 1. The number of rotatable bonds is 8.